The van der Waals surface area contributed by atoms with Gasteiger partial charge in [0.25, 0.3) is 0 Å². The first kappa shape index (κ1) is 17.4. The first-order chi connectivity index (χ1) is 7.57. The molecule has 0 aliphatic heterocycles. The summed E-state index contributed by atoms with van der Waals surface area (Å²) in [5.74, 6) is 0. The second kappa shape index (κ2) is 8.50. The molecule has 0 nitrogen and oxygen atoms in total. The van der Waals surface area contributed by atoms with Crippen LogP contribution in [0.15, 0.2) is 0 Å². The van der Waals surface area contributed by atoms with Gasteiger partial charge in [-0.1, -0.05) is 0 Å². The first-order valence-corrected chi connectivity index (χ1v) is 27.5. The molecule has 0 N–H and O–H groups in total. The van der Waals surface area contributed by atoms with Crippen LogP contribution in [0.4, 0.5) is 0 Å². The monoisotopic (exact) mass is 614 g/mol. The van der Waals surface area contributed by atoms with Crippen LogP contribution in [-0.2, 0) is 0 Å². The summed E-state index contributed by atoms with van der Waals surface area (Å²) in [6.07, 6.45) is 0. The Bertz CT molecular complexity index is 199. The van der Waals surface area contributed by atoms with Crippen molar-refractivity contribution >= 4 is 42.3 Å². The van der Waals surface area contributed by atoms with Crippen LogP contribution in [0.3, 0.4) is 0 Å². The maximum absolute atomic E-state index is 3.95. The fourth-order valence-electron chi connectivity index (χ4n) is 2.30. The fourth-order valence-corrected chi connectivity index (χ4v) is 38.2. The predicted octanol–water partition coefficient (Wildman–Crippen LogP) is 5.09. The molecule has 0 aromatic carbocycles. The average molecular weight is 613 g/mol. The van der Waals surface area contributed by atoms with E-state index in [1.807, 2.05) is 0 Å². The molecule has 0 amide bonds. The van der Waals surface area contributed by atoms with Gasteiger partial charge < -0.3 is 0 Å². The molecule has 0 aliphatic carbocycles. The Morgan fingerprint density at radius 2 is 0.688 bits per heavy atom. The SMILES string of the molecule is C[CH2][Pb]([C]#[C][Pb]([CH2]C)([CH2]C)[CH2]C)([CH2]C)[CH2]C. The van der Waals surface area contributed by atoms with Gasteiger partial charge in [-0.05, 0) is 0 Å². The number of hydrogen-bond acceptors (Lipinski definition) is 0. The first-order valence-electron chi connectivity index (χ1n) is 7.11. The summed E-state index contributed by atoms with van der Waals surface area (Å²) in [4.78, 5) is 0. The summed E-state index contributed by atoms with van der Waals surface area (Å²) < 4.78 is 16.5. The summed E-state index contributed by atoms with van der Waals surface area (Å²) >= 11 is -4.17. The Morgan fingerprint density at radius 1 is 0.500 bits per heavy atom. The minimum atomic E-state index is -2.08. The van der Waals surface area contributed by atoms with Crippen LogP contribution in [0, 0.1) is 6.96 Å². The third kappa shape index (κ3) is 4.58. The zero-order valence-corrected chi connectivity index (χ0v) is 20.0. The van der Waals surface area contributed by atoms with Gasteiger partial charge in [0.05, 0.1) is 0 Å². The molecular weight excluding hydrogens is 583 g/mol. The predicted molar refractivity (Wildman–Crippen MR) is 82.2 cm³/mol. The molecule has 0 saturated carbocycles. The summed E-state index contributed by atoms with van der Waals surface area (Å²) in [5, 5.41) is 0. The molecule has 16 heavy (non-hydrogen) atoms. The van der Waals surface area contributed by atoms with Crippen molar-refractivity contribution in [2.45, 2.75) is 65.4 Å². The van der Waals surface area contributed by atoms with Crippen molar-refractivity contribution in [1.29, 1.82) is 0 Å². The van der Waals surface area contributed by atoms with E-state index >= 15 is 0 Å². The van der Waals surface area contributed by atoms with Gasteiger partial charge in [0.2, 0.25) is 0 Å². The van der Waals surface area contributed by atoms with E-state index in [1.54, 1.807) is 0 Å². The van der Waals surface area contributed by atoms with E-state index in [-0.39, 0.29) is 0 Å². The van der Waals surface area contributed by atoms with Crippen molar-refractivity contribution in [1.82, 2.24) is 0 Å². The van der Waals surface area contributed by atoms with Gasteiger partial charge in [-0.25, -0.2) is 0 Å². The molecule has 0 radical (unpaired) electrons. The van der Waals surface area contributed by atoms with Gasteiger partial charge in [0.1, 0.15) is 0 Å². The molecule has 2 heteroatoms. The van der Waals surface area contributed by atoms with E-state index in [2.05, 4.69) is 48.5 Å². The van der Waals surface area contributed by atoms with E-state index in [0.29, 0.717) is 0 Å². The van der Waals surface area contributed by atoms with Crippen molar-refractivity contribution in [3.8, 4) is 6.96 Å². The zero-order chi connectivity index (χ0) is 12.7. The molecule has 0 aliphatic rings. The van der Waals surface area contributed by atoms with Crippen LogP contribution in [0.25, 0.3) is 0 Å². The van der Waals surface area contributed by atoms with Crippen LogP contribution in [-0.4, -0.2) is 42.3 Å². The van der Waals surface area contributed by atoms with Crippen LogP contribution >= 0.6 is 0 Å². The summed E-state index contributed by atoms with van der Waals surface area (Å²) in [6, 6.07) is 0. The summed E-state index contributed by atoms with van der Waals surface area (Å²) in [6.45, 7) is 14.4. The topological polar surface area (TPSA) is 0 Å². The Morgan fingerprint density at radius 3 is 0.812 bits per heavy atom. The van der Waals surface area contributed by atoms with Crippen LogP contribution in [0.5, 0.6) is 0 Å². The van der Waals surface area contributed by atoms with Crippen molar-refractivity contribution in [2.24, 2.45) is 0 Å². The molecule has 0 aromatic rings. The van der Waals surface area contributed by atoms with Crippen molar-refractivity contribution in [3.05, 3.63) is 0 Å². The number of rotatable bonds is 6. The van der Waals surface area contributed by atoms with E-state index in [1.165, 1.54) is 23.9 Å². The molecule has 0 saturated heterocycles. The Balaban J connectivity index is 5.03. The van der Waals surface area contributed by atoms with Gasteiger partial charge in [0, 0.05) is 0 Å². The van der Waals surface area contributed by atoms with Crippen molar-refractivity contribution in [2.75, 3.05) is 0 Å². The van der Waals surface area contributed by atoms with Crippen LogP contribution in [0.2, 0.25) is 23.9 Å². The molecule has 0 atom stereocenters. The molecule has 0 spiro atoms. The van der Waals surface area contributed by atoms with Gasteiger partial charge in [-0.2, -0.15) is 0 Å². The van der Waals surface area contributed by atoms with Gasteiger partial charge in [-0.3, -0.25) is 0 Å². The van der Waals surface area contributed by atoms with E-state index in [9.17, 15) is 0 Å². The van der Waals surface area contributed by atoms with Gasteiger partial charge in [-0.15, -0.1) is 0 Å². The zero-order valence-electron chi connectivity index (χ0n) is 12.2. The van der Waals surface area contributed by atoms with Crippen molar-refractivity contribution in [3.63, 3.8) is 0 Å². The Hall–Kier alpha value is 1.40. The summed E-state index contributed by atoms with van der Waals surface area (Å²) in [5.41, 5.74) is 0. The Kier molecular flexibility index (Phi) is 9.24. The van der Waals surface area contributed by atoms with Gasteiger partial charge in [0.15, 0.2) is 0 Å². The van der Waals surface area contributed by atoms with E-state index in [0.717, 1.165) is 0 Å². The molecule has 0 unspecified atom stereocenters. The standard InChI is InChI=1S/6C2H5.C2.2Pb/c7*1-2;;/h6*1H2,2H3;;;. The molecule has 0 heterocycles. The second-order valence-electron chi connectivity index (χ2n) is 4.93. The van der Waals surface area contributed by atoms with Crippen molar-refractivity contribution < 1.29 is 0 Å². The molecule has 0 fully saturated rings. The normalized spacial score (nSPS) is 12.1. The Labute approximate surface area is 113 Å². The third-order valence-corrected chi connectivity index (χ3v) is 45.1. The quantitative estimate of drug-likeness (QED) is 0.290. The second-order valence-corrected chi connectivity index (χ2v) is 43.3. The average Bonchev–Trinajstić information content (AvgIpc) is 2.37. The maximum atomic E-state index is 3.95. The molecule has 0 bridgehead atoms. The van der Waals surface area contributed by atoms with E-state index < -0.39 is 42.3 Å². The summed E-state index contributed by atoms with van der Waals surface area (Å²) in [7, 11) is 0. The molecular formula is C14H30Pb2. The van der Waals surface area contributed by atoms with Gasteiger partial charge >= 0.3 is 115 Å². The van der Waals surface area contributed by atoms with Crippen LogP contribution < -0.4 is 0 Å². The van der Waals surface area contributed by atoms with E-state index in [4.69, 9.17) is 0 Å². The molecule has 0 aromatic heterocycles. The molecule has 0 rings (SSSR count). The third-order valence-electron chi connectivity index (χ3n) is 4.65. The minimum absolute atomic E-state index is 1.44. The van der Waals surface area contributed by atoms with Crippen LogP contribution in [0.1, 0.15) is 41.5 Å². The number of hydrogen-bond donors (Lipinski definition) is 0. The molecule has 94 valence electrons. The fraction of sp³-hybridized carbons (Fsp3) is 0.857.